The lowest BCUT2D eigenvalue weighted by atomic mass is 10.0. The van der Waals surface area contributed by atoms with Gasteiger partial charge < -0.3 is 15.0 Å². The highest BCUT2D eigenvalue weighted by Crippen LogP contribution is 2.19. The van der Waals surface area contributed by atoms with E-state index in [9.17, 15) is 9.18 Å². The molecule has 5 heteroatoms. The van der Waals surface area contributed by atoms with Gasteiger partial charge in [-0.3, -0.25) is 0 Å². The van der Waals surface area contributed by atoms with Crippen molar-refractivity contribution in [3.8, 4) is 0 Å². The summed E-state index contributed by atoms with van der Waals surface area (Å²) in [4.78, 5) is 13.9. The largest absolute Gasteiger partial charge is 0.444 e. The number of benzene rings is 1. The molecule has 1 heterocycles. The molecule has 2 atom stereocenters. The SMILES string of the molecule is C[C@H](NC1CCCN(C(=O)OC(C)(C)C)C1)c1cccc(F)c1. The van der Waals surface area contributed by atoms with Crippen molar-refractivity contribution < 1.29 is 13.9 Å². The van der Waals surface area contributed by atoms with Crippen molar-refractivity contribution in [2.24, 2.45) is 0 Å². The number of nitrogens with one attached hydrogen (secondary N) is 1. The third-order valence-electron chi connectivity index (χ3n) is 3.91. The smallest absolute Gasteiger partial charge is 0.410 e. The molecule has 23 heavy (non-hydrogen) atoms. The van der Waals surface area contributed by atoms with E-state index in [1.54, 1.807) is 17.0 Å². The van der Waals surface area contributed by atoms with Gasteiger partial charge in [0.05, 0.1) is 0 Å². The van der Waals surface area contributed by atoms with Crippen molar-refractivity contribution in [2.45, 2.75) is 58.2 Å². The quantitative estimate of drug-likeness (QED) is 0.918. The summed E-state index contributed by atoms with van der Waals surface area (Å²) in [6.07, 6.45) is 1.67. The van der Waals surface area contributed by atoms with Gasteiger partial charge >= 0.3 is 6.09 Å². The van der Waals surface area contributed by atoms with Crippen LogP contribution in [0, 0.1) is 5.82 Å². The van der Waals surface area contributed by atoms with Crippen molar-refractivity contribution in [1.29, 1.82) is 0 Å². The summed E-state index contributed by atoms with van der Waals surface area (Å²) >= 11 is 0. The van der Waals surface area contributed by atoms with E-state index in [1.165, 1.54) is 6.07 Å². The second-order valence-corrected chi connectivity index (χ2v) is 7.21. The highest BCUT2D eigenvalue weighted by atomic mass is 19.1. The molecule has 0 aliphatic carbocycles. The molecule has 4 nitrogen and oxygen atoms in total. The summed E-state index contributed by atoms with van der Waals surface area (Å²) in [6, 6.07) is 6.85. The van der Waals surface area contributed by atoms with Gasteiger partial charge in [0.15, 0.2) is 0 Å². The van der Waals surface area contributed by atoms with Gasteiger partial charge in [0.1, 0.15) is 11.4 Å². The van der Waals surface area contributed by atoms with Crippen LogP contribution < -0.4 is 5.32 Å². The van der Waals surface area contributed by atoms with E-state index in [0.29, 0.717) is 6.54 Å². The fourth-order valence-electron chi connectivity index (χ4n) is 2.83. The first-order valence-electron chi connectivity index (χ1n) is 8.24. The minimum absolute atomic E-state index is 0.0364. The number of ether oxygens (including phenoxy) is 1. The van der Waals surface area contributed by atoms with Crippen molar-refractivity contribution in [3.63, 3.8) is 0 Å². The van der Waals surface area contributed by atoms with Crippen LogP contribution in [0.5, 0.6) is 0 Å². The lowest BCUT2D eigenvalue weighted by Crippen LogP contribution is -2.49. The van der Waals surface area contributed by atoms with Crippen LogP contribution in [0.2, 0.25) is 0 Å². The van der Waals surface area contributed by atoms with Gasteiger partial charge in [-0.15, -0.1) is 0 Å². The Morgan fingerprint density at radius 1 is 1.43 bits per heavy atom. The van der Waals surface area contributed by atoms with Gasteiger partial charge in [0.25, 0.3) is 0 Å². The maximum Gasteiger partial charge on any atom is 0.410 e. The number of amides is 1. The number of hydrogen-bond donors (Lipinski definition) is 1. The minimum Gasteiger partial charge on any atom is -0.444 e. The summed E-state index contributed by atoms with van der Waals surface area (Å²) in [5, 5.41) is 3.49. The van der Waals surface area contributed by atoms with Crippen LogP contribution in [-0.2, 0) is 4.74 Å². The Morgan fingerprint density at radius 3 is 2.83 bits per heavy atom. The van der Waals surface area contributed by atoms with Crippen LogP contribution in [0.25, 0.3) is 0 Å². The predicted molar refractivity (Wildman–Crippen MR) is 88.8 cm³/mol. The van der Waals surface area contributed by atoms with Crippen LogP contribution in [-0.4, -0.2) is 35.7 Å². The lowest BCUT2D eigenvalue weighted by Gasteiger charge is -2.35. The molecule has 0 radical (unpaired) electrons. The molecule has 0 saturated carbocycles. The van der Waals surface area contributed by atoms with E-state index in [4.69, 9.17) is 4.74 Å². The first-order chi connectivity index (χ1) is 10.7. The average Bonchev–Trinajstić information content (AvgIpc) is 2.45. The standard InChI is InChI=1S/C18H27FN2O2/c1-13(14-7-5-8-15(19)11-14)20-16-9-6-10-21(12-16)17(22)23-18(2,3)4/h5,7-8,11,13,16,20H,6,9-10,12H2,1-4H3/t13-,16?/m0/s1. The molecular weight excluding hydrogens is 295 g/mol. The normalized spacial score (nSPS) is 20.2. The molecule has 2 rings (SSSR count). The van der Waals surface area contributed by atoms with Crippen LogP contribution in [0.3, 0.4) is 0 Å². The van der Waals surface area contributed by atoms with Gasteiger partial charge in [-0.05, 0) is 58.2 Å². The van der Waals surface area contributed by atoms with Crippen molar-refractivity contribution >= 4 is 6.09 Å². The molecule has 1 unspecified atom stereocenters. The molecule has 1 amide bonds. The first-order valence-corrected chi connectivity index (χ1v) is 8.24. The summed E-state index contributed by atoms with van der Waals surface area (Å²) in [7, 11) is 0. The fourth-order valence-corrected chi connectivity index (χ4v) is 2.83. The Hall–Kier alpha value is -1.62. The summed E-state index contributed by atoms with van der Waals surface area (Å²) in [6.45, 7) is 8.97. The fraction of sp³-hybridized carbons (Fsp3) is 0.611. The Balaban J connectivity index is 1.92. The van der Waals surface area contributed by atoms with Gasteiger partial charge in [-0.25, -0.2) is 9.18 Å². The maximum atomic E-state index is 13.3. The molecule has 0 spiro atoms. The Bertz CT molecular complexity index is 542. The third-order valence-corrected chi connectivity index (χ3v) is 3.91. The predicted octanol–water partition coefficient (Wildman–Crippen LogP) is 3.88. The highest BCUT2D eigenvalue weighted by molar-refractivity contribution is 5.68. The average molecular weight is 322 g/mol. The molecule has 1 aromatic carbocycles. The van der Waals surface area contributed by atoms with Crippen LogP contribution in [0.15, 0.2) is 24.3 Å². The third kappa shape index (κ3) is 5.50. The molecule has 1 aliphatic rings. The number of nitrogens with zero attached hydrogens (tertiary/aromatic N) is 1. The number of hydrogen-bond acceptors (Lipinski definition) is 3. The molecule has 128 valence electrons. The van der Waals surface area contributed by atoms with Gasteiger partial charge in [0, 0.05) is 25.2 Å². The second-order valence-electron chi connectivity index (χ2n) is 7.21. The zero-order valence-corrected chi connectivity index (χ0v) is 14.4. The number of rotatable bonds is 3. The number of carbonyl (C=O) groups is 1. The van der Waals surface area contributed by atoms with E-state index in [2.05, 4.69) is 5.32 Å². The Kier molecular flexibility index (Phi) is 5.63. The number of halogens is 1. The lowest BCUT2D eigenvalue weighted by molar-refractivity contribution is 0.0184. The highest BCUT2D eigenvalue weighted by Gasteiger charge is 2.28. The van der Waals surface area contributed by atoms with E-state index in [0.717, 1.165) is 24.9 Å². The Morgan fingerprint density at radius 2 is 2.17 bits per heavy atom. The number of likely N-dealkylation sites (tertiary alicyclic amines) is 1. The van der Waals surface area contributed by atoms with E-state index >= 15 is 0 Å². The maximum absolute atomic E-state index is 13.3. The summed E-state index contributed by atoms with van der Waals surface area (Å²) in [5.41, 5.74) is 0.436. The van der Waals surface area contributed by atoms with E-state index in [-0.39, 0.29) is 24.0 Å². The number of carbonyl (C=O) groups excluding carboxylic acids is 1. The molecule has 1 N–H and O–H groups in total. The molecule has 0 bridgehead atoms. The summed E-state index contributed by atoms with van der Waals surface area (Å²) in [5.74, 6) is -0.227. The van der Waals surface area contributed by atoms with Gasteiger partial charge in [0.2, 0.25) is 0 Å². The molecule has 1 aliphatic heterocycles. The molecule has 1 saturated heterocycles. The van der Waals surface area contributed by atoms with Gasteiger partial charge in [-0.2, -0.15) is 0 Å². The zero-order valence-electron chi connectivity index (χ0n) is 14.4. The molecule has 1 aromatic rings. The van der Waals surface area contributed by atoms with Crippen LogP contribution in [0.4, 0.5) is 9.18 Å². The monoisotopic (exact) mass is 322 g/mol. The van der Waals surface area contributed by atoms with Crippen LogP contribution in [0.1, 0.15) is 52.1 Å². The molecule has 1 fully saturated rings. The Labute approximate surface area is 138 Å². The first kappa shape index (κ1) is 17.7. The molecular formula is C18H27FN2O2. The van der Waals surface area contributed by atoms with E-state index < -0.39 is 5.60 Å². The van der Waals surface area contributed by atoms with Crippen molar-refractivity contribution in [2.75, 3.05) is 13.1 Å². The zero-order chi connectivity index (χ0) is 17.0. The molecule has 0 aromatic heterocycles. The van der Waals surface area contributed by atoms with Crippen molar-refractivity contribution in [1.82, 2.24) is 10.2 Å². The topological polar surface area (TPSA) is 41.6 Å². The second kappa shape index (κ2) is 7.30. The summed E-state index contributed by atoms with van der Waals surface area (Å²) < 4.78 is 18.8. The number of piperidine rings is 1. The minimum atomic E-state index is -0.480. The van der Waals surface area contributed by atoms with E-state index in [1.807, 2.05) is 33.8 Å². The van der Waals surface area contributed by atoms with Gasteiger partial charge in [-0.1, -0.05) is 12.1 Å². The van der Waals surface area contributed by atoms with Crippen molar-refractivity contribution in [3.05, 3.63) is 35.6 Å². The van der Waals surface area contributed by atoms with Crippen LogP contribution >= 0.6 is 0 Å².